The van der Waals surface area contributed by atoms with Crippen molar-refractivity contribution in [2.45, 2.75) is 22.8 Å². The number of nitrogens with zero attached hydrogens (tertiary/aromatic N) is 2. The minimum absolute atomic E-state index is 0.192. The van der Waals surface area contributed by atoms with E-state index in [1.165, 1.54) is 0 Å². The lowest BCUT2D eigenvalue weighted by molar-refractivity contribution is 0.0357. The fraction of sp³-hybridized carbons (Fsp3) is 0.429. The second-order valence-corrected chi connectivity index (χ2v) is 9.88. The molecule has 0 aliphatic carbocycles. The van der Waals surface area contributed by atoms with Crippen molar-refractivity contribution in [1.82, 2.24) is 9.21 Å². The van der Waals surface area contributed by atoms with Crippen molar-refractivity contribution in [2.75, 3.05) is 45.1 Å². The van der Waals surface area contributed by atoms with Crippen LogP contribution in [0.4, 0.5) is 0 Å². The van der Waals surface area contributed by atoms with E-state index in [1.54, 1.807) is 16.4 Å². The predicted octanol–water partition coefficient (Wildman–Crippen LogP) is 3.28. The molecule has 1 aliphatic heterocycles. The minimum atomic E-state index is -3.61. The first kappa shape index (κ1) is 22.7. The molecule has 0 radical (unpaired) electrons. The van der Waals surface area contributed by atoms with Crippen molar-refractivity contribution >= 4 is 35.3 Å². The molecule has 1 aliphatic rings. The number of morpholine rings is 1. The number of hydrogen-bond acceptors (Lipinski definition) is 6. The van der Waals surface area contributed by atoms with Gasteiger partial charge in [-0.15, -0.1) is 12.6 Å². The molecule has 0 bridgehead atoms. The molecule has 0 unspecified atom stereocenters. The van der Waals surface area contributed by atoms with Crippen LogP contribution in [0, 0.1) is 0 Å². The number of sulfonamides is 1. The molecule has 0 amide bonds. The summed E-state index contributed by atoms with van der Waals surface area (Å²) >= 11 is 8.84. The van der Waals surface area contributed by atoms with Crippen LogP contribution in [0.1, 0.15) is 6.92 Å². The van der Waals surface area contributed by atoms with E-state index in [4.69, 9.17) is 4.74 Å². The third-order valence-corrected chi connectivity index (χ3v) is 8.12. The Hall–Kier alpha value is -1.03. The van der Waals surface area contributed by atoms with Gasteiger partial charge in [0.2, 0.25) is 10.0 Å². The van der Waals surface area contributed by atoms with E-state index in [0.717, 1.165) is 29.1 Å². The van der Waals surface area contributed by atoms with Crippen LogP contribution >= 0.6 is 25.3 Å². The van der Waals surface area contributed by atoms with E-state index in [2.05, 4.69) is 30.2 Å². The zero-order chi connectivity index (χ0) is 20.9. The number of thiol groups is 2. The minimum Gasteiger partial charge on any atom is -0.379 e. The number of benzene rings is 2. The molecule has 1 atom stereocenters. The van der Waals surface area contributed by atoms with Crippen LogP contribution in [0.25, 0.3) is 11.1 Å². The fourth-order valence-corrected chi connectivity index (χ4v) is 5.61. The van der Waals surface area contributed by atoms with Crippen molar-refractivity contribution in [3.8, 4) is 11.1 Å². The van der Waals surface area contributed by atoms with Gasteiger partial charge in [-0.3, -0.25) is 4.90 Å². The molecule has 1 fully saturated rings. The maximum Gasteiger partial charge on any atom is 0.243 e. The molecule has 0 spiro atoms. The summed E-state index contributed by atoms with van der Waals surface area (Å²) in [7, 11) is -3.61. The molecule has 1 saturated heterocycles. The Morgan fingerprint density at radius 3 is 2.38 bits per heavy atom. The van der Waals surface area contributed by atoms with Gasteiger partial charge in [0.05, 0.1) is 18.1 Å². The largest absolute Gasteiger partial charge is 0.379 e. The zero-order valence-corrected chi connectivity index (χ0v) is 19.2. The molecule has 8 heteroatoms. The van der Waals surface area contributed by atoms with Gasteiger partial charge in [-0.2, -0.15) is 16.9 Å². The van der Waals surface area contributed by atoms with Crippen LogP contribution in [-0.4, -0.2) is 68.8 Å². The summed E-state index contributed by atoms with van der Waals surface area (Å²) in [5.41, 5.74) is 1.92. The van der Waals surface area contributed by atoms with E-state index in [1.807, 2.05) is 43.3 Å². The number of rotatable bonds is 8. The molecule has 0 N–H and O–H groups in total. The van der Waals surface area contributed by atoms with Crippen molar-refractivity contribution in [2.24, 2.45) is 0 Å². The maximum absolute atomic E-state index is 13.4. The van der Waals surface area contributed by atoms with Gasteiger partial charge in [0.25, 0.3) is 0 Å². The monoisotopic (exact) mass is 452 g/mol. The third kappa shape index (κ3) is 5.57. The summed E-state index contributed by atoms with van der Waals surface area (Å²) < 4.78 is 33.7. The van der Waals surface area contributed by atoms with Gasteiger partial charge in [-0.1, -0.05) is 30.3 Å². The molecule has 0 aromatic heterocycles. The van der Waals surface area contributed by atoms with Crippen LogP contribution in [0.15, 0.2) is 58.3 Å². The Bertz CT molecular complexity index is 898. The third-order valence-electron chi connectivity index (χ3n) is 5.17. The molecule has 29 heavy (non-hydrogen) atoms. The summed E-state index contributed by atoms with van der Waals surface area (Å²) in [5.74, 6) is 0.466. The van der Waals surface area contributed by atoms with Gasteiger partial charge in [0.15, 0.2) is 0 Å². The molecule has 1 heterocycles. The Kier molecular flexibility index (Phi) is 8.07. The Morgan fingerprint density at radius 1 is 1.10 bits per heavy atom. The summed E-state index contributed by atoms with van der Waals surface area (Å²) in [6.07, 6.45) is 0. The lowest BCUT2D eigenvalue weighted by Gasteiger charge is -2.32. The van der Waals surface area contributed by atoms with E-state index < -0.39 is 10.0 Å². The summed E-state index contributed by atoms with van der Waals surface area (Å²) in [6.45, 7) is 6.08. The summed E-state index contributed by atoms with van der Waals surface area (Å²) in [5, 5.41) is 0. The average Bonchev–Trinajstić information content (AvgIpc) is 2.74. The molecule has 158 valence electrons. The van der Waals surface area contributed by atoms with Gasteiger partial charge in [0.1, 0.15) is 0 Å². The lowest BCUT2D eigenvalue weighted by atomic mass is 10.1. The highest BCUT2D eigenvalue weighted by Gasteiger charge is 2.29. The smallest absolute Gasteiger partial charge is 0.243 e. The zero-order valence-electron chi connectivity index (χ0n) is 16.6. The van der Waals surface area contributed by atoms with E-state index in [-0.39, 0.29) is 6.04 Å². The van der Waals surface area contributed by atoms with E-state index in [0.29, 0.717) is 37.0 Å². The highest BCUT2D eigenvalue weighted by molar-refractivity contribution is 7.89. The van der Waals surface area contributed by atoms with Gasteiger partial charge >= 0.3 is 0 Å². The standard InChI is InChI=1S/C21H28N2O3S3/c1-17(16-27)23(11-10-22-12-14-26-15-13-22)29(24,25)19-8-6-18(7-9-19)20-4-2-3-5-21(20)28/h2-9,17,27-28H,10-16H2,1H3/t17-/m1/s1. The molecular weight excluding hydrogens is 424 g/mol. The van der Waals surface area contributed by atoms with Crippen molar-refractivity contribution in [3.05, 3.63) is 48.5 Å². The quantitative estimate of drug-likeness (QED) is 0.604. The first-order chi connectivity index (χ1) is 13.9. The molecule has 5 nitrogen and oxygen atoms in total. The van der Waals surface area contributed by atoms with Crippen molar-refractivity contribution in [1.29, 1.82) is 0 Å². The normalized spacial score (nSPS) is 16.8. The SMILES string of the molecule is C[C@H](CS)N(CCN1CCOCC1)S(=O)(=O)c1ccc(-c2ccccc2S)cc1. The lowest BCUT2D eigenvalue weighted by Crippen LogP contribution is -2.46. The number of ether oxygens (including phenoxy) is 1. The van der Waals surface area contributed by atoms with Crippen LogP contribution < -0.4 is 0 Å². The second-order valence-electron chi connectivity index (χ2n) is 7.14. The fourth-order valence-electron chi connectivity index (χ4n) is 3.39. The molecule has 3 rings (SSSR count). The number of hydrogen-bond donors (Lipinski definition) is 2. The van der Waals surface area contributed by atoms with Crippen LogP contribution in [0.3, 0.4) is 0 Å². The average molecular weight is 453 g/mol. The maximum atomic E-state index is 13.4. The van der Waals surface area contributed by atoms with Gasteiger partial charge in [0, 0.05) is 42.9 Å². The van der Waals surface area contributed by atoms with Gasteiger partial charge in [-0.25, -0.2) is 8.42 Å². The van der Waals surface area contributed by atoms with Crippen molar-refractivity contribution < 1.29 is 13.2 Å². The van der Waals surface area contributed by atoms with Gasteiger partial charge in [-0.05, 0) is 36.2 Å². The van der Waals surface area contributed by atoms with E-state index >= 15 is 0 Å². The Balaban J connectivity index is 1.80. The first-order valence-electron chi connectivity index (χ1n) is 9.74. The molecule has 2 aromatic rings. The van der Waals surface area contributed by atoms with Crippen LogP contribution in [0.5, 0.6) is 0 Å². The summed E-state index contributed by atoms with van der Waals surface area (Å²) in [4.78, 5) is 3.40. The Labute approximate surface area is 184 Å². The van der Waals surface area contributed by atoms with Crippen LogP contribution in [-0.2, 0) is 14.8 Å². The predicted molar refractivity (Wildman–Crippen MR) is 124 cm³/mol. The highest BCUT2D eigenvalue weighted by atomic mass is 32.2. The van der Waals surface area contributed by atoms with Crippen LogP contribution in [0.2, 0.25) is 0 Å². The molecule has 0 saturated carbocycles. The van der Waals surface area contributed by atoms with Crippen molar-refractivity contribution in [3.63, 3.8) is 0 Å². The topological polar surface area (TPSA) is 49.9 Å². The van der Waals surface area contributed by atoms with E-state index in [9.17, 15) is 8.42 Å². The first-order valence-corrected chi connectivity index (χ1v) is 12.3. The molecular formula is C21H28N2O3S3. The second kappa shape index (κ2) is 10.3. The Morgan fingerprint density at radius 2 is 1.76 bits per heavy atom. The highest BCUT2D eigenvalue weighted by Crippen LogP contribution is 2.28. The summed E-state index contributed by atoms with van der Waals surface area (Å²) in [6, 6.07) is 14.6. The van der Waals surface area contributed by atoms with Gasteiger partial charge < -0.3 is 4.74 Å². The molecule has 2 aromatic carbocycles.